The Kier molecular flexibility index (Phi) is 3.72. The van der Waals surface area contributed by atoms with Crippen molar-refractivity contribution in [1.82, 2.24) is 0 Å². The largest absolute Gasteiger partial charge is 0.0651 e. The van der Waals surface area contributed by atoms with Gasteiger partial charge in [0, 0.05) is 3.57 Å². The van der Waals surface area contributed by atoms with E-state index in [0.717, 1.165) is 6.42 Å². The molecule has 0 saturated carbocycles. The van der Waals surface area contributed by atoms with Crippen molar-refractivity contribution in [2.45, 2.75) is 33.6 Å². The Labute approximate surface area is 134 Å². The summed E-state index contributed by atoms with van der Waals surface area (Å²) in [6.07, 6.45) is 2.35. The highest BCUT2D eigenvalue weighted by Crippen LogP contribution is 2.37. The van der Waals surface area contributed by atoms with Crippen LogP contribution in [0.25, 0.3) is 21.5 Å². The molecule has 0 atom stereocenters. The van der Waals surface area contributed by atoms with Crippen molar-refractivity contribution in [2.75, 3.05) is 0 Å². The Morgan fingerprint density at radius 1 is 0.850 bits per heavy atom. The molecule has 3 aromatic rings. The summed E-state index contributed by atoms with van der Waals surface area (Å²) in [5, 5.41) is 5.74. The van der Waals surface area contributed by atoms with Crippen LogP contribution in [0.5, 0.6) is 0 Å². The molecule has 0 aliphatic carbocycles. The van der Waals surface area contributed by atoms with E-state index in [9.17, 15) is 0 Å². The first kappa shape index (κ1) is 13.9. The Morgan fingerprint density at radius 3 is 2.00 bits per heavy atom. The summed E-state index contributed by atoms with van der Waals surface area (Å²) in [6.45, 7) is 6.72. The molecule has 0 radical (unpaired) electrons. The van der Waals surface area contributed by atoms with Gasteiger partial charge in [-0.2, -0.15) is 0 Å². The summed E-state index contributed by atoms with van der Waals surface area (Å²) in [6, 6.07) is 13.4. The highest BCUT2D eigenvalue weighted by molar-refractivity contribution is 14.1. The maximum atomic E-state index is 2.54. The van der Waals surface area contributed by atoms with E-state index in [-0.39, 0.29) is 0 Å². The van der Waals surface area contributed by atoms with E-state index in [2.05, 4.69) is 79.8 Å². The van der Waals surface area contributed by atoms with Crippen molar-refractivity contribution in [1.29, 1.82) is 0 Å². The summed E-state index contributed by atoms with van der Waals surface area (Å²) in [4.78, 5) is 0. The van der Waals surface area contributed by atoms with Gasteiger partial charge in [0.15, 0.2) is 0 Å². The minimum absolute atomic E-state index is 1.15. The molecule has 102 valence electrons. The van der Waals surface area contributed by atoms with E-state index in [0.29, 0.717) is 0 Å². The van der Waals surface area contributed by atoms with Crippen LogP contribution in [0.3, 0.4) is 0 Å². The number of hydrogen-bond acceptors (Lipinski definition) is 0. The summed E-state index contributed by atoms with van der Waals surface area (Å²) >= 11 is 2.54. The molecule has 0 nitrogen and oxygen atoms in total. The van der Waals surface area contributed by atoms with E-state index in [1.165, 1.54) is 48.2 Å². The zero-order valence-electron chi connectivity index (χ0n) is 12.3. The third-order valence-electron chi connectivity index (χ3n) is 4.12. The standard InChI is InChI=1S/C19H19I/c1-4-7-15-14-10-5-8-12(2)17(14)18-13(3)9-6-11-16(18)19(15)20/h5-6,8-11H,4,7H2,1-3H3. The number of benzene rings is 3. The minimum Gasteiger partial charge on any atom is -0.0651 e. The van der Waals surface area contributed by atoms with Crippen molar-refractivity contribution in [3.63, 3.8) is 0 Å². The number of fused-ring (bicyclic) bond motifs is 3. The Morgan fingerprint density at radius 2 is 1.40 bits per heavy atom. The maximum absolute atomic E-state index is 2.54. The van der Waals surface area contributed by atoms with Gasteiger partial charge in [0.2, 0.25) is 0 Å². The monoisotopic (exact) mass is 374 g/mol. The van der Waals surface area contributed by atoms with Crippen LogP contribution in [0.4, 0.5) is 0 Å². The number of aryl methyl sites for hydroxylation is 3. The van der Waals surface area contributed by atoms with Gasteiger partial charge in [0.25, 0.3) is 0 Å². The molecular formula is C19H19I. The van der Waals surface area contributed by atoms with Crippen LogP contribution >= 0.6 is 22.6 Å². The highest BCUT2D eigenvalue weighted by atomic mass is 127. The molecule has 0 unspecified atom stereocenters. The van der Waals surface area contributed by atoms with Crippen LogP contribution in [0.2, 0.25) is 0 Å². The van der Waals surface area contributed by atoms with Gasteiger partial charge in [0.05, 0.1) is 0 Å². The maximum Gasteiger partial charge on any atom is 0.0247 e. The number of rotatable bonds is 2. The SMILES string of the molecule is CCCc1c(I)c2cccc(C)c2c2c(C)cccc12. The summed E-state index contributed by atoms with van der Waals surface area (Å²) in [5.74, 6) is 0. The topological polar surface area (TPSA) is 0 Å². The molecule has 0 aliphatic rings. The van der Waals surface area contributed by atoms with Gasteiger partial charge in [-0.05, 0) is 81.1 Å². The van der Waals surface area contributed by atoms with Crippen molar-refractivity contribution in [2.24, 2.45) is 0 Å². The summed E-state index contributed by atoms with van der Waals surface area (Å²) in [5.41, 5.74) is 4.28. The van der Waals surface area contributed by atoms with E-state index in [1.807, 2.05) is 0 Å². The molecule has 0 fully saturated rings. The predicted molar refractivity (Wildman–Crippen MR) is 97.6 cm³/mol. The normalized spacial score (nSPS) is 11.4. The quantitative estimate of drug-likeness (QED) is 0.372. The van der Waals surface area contributed by atoms with Crippen molar-refractivity contribution < 1.29 is 0 Å². The molecule has 0 bridgehead atoms. The van der Waals surface area contributed by atoms with Crippen LogP contribution in [-0.2, 0) is 6.42 Å². The van der Waals surface area contributed by atoms with E-state index < -0.39 is 0 Å². The molecule has 0 N–H and O–H groups in total. The second kappa shape index (κ2) is 5.36. The van der Waals surface area contributed by atoms with Crippen LogP contribution in [0.1, 0.15) is 30.0 Å². The van der Waals surface area contributed by atoms with Crippen LogP contribution in [-0.4, -0.2) is 0 Å². The molecule has 0 amide bonds. The molecule has 3 aromatic carbocycles. The molecule has 0 heterocycles. The van der Waals surface area contributed by atoms with E-state index >= 15 is 0 Å². The van der Waals surface area contributed by atoms with Gasteiger partial charge in [-0.1, -0.05) is 49.7 Å². The lowest BCUT2D eigenvalue weighted by Crippen LogP contribution is -1.96. The van der Waals surface area contributed by atoms with Gasteiger partial charge in [0.1, 0.15) is 0 Å². The predicted octanol–water partition coefficient (Wildman–Crippen LogP) is 6.17. The van der Waals surface area contributed by atoms with Crippen LogP contribution in [0.15, 0.2) is 36.4 Å². The van der Waals surface area contributed by atoms with Crippen molar-refractivity contribution in [3.05, 3.63) is 56.7 Å². The lowest BCUT2D eigenvalue weighted by molar-refractivity contribution is 0.926. The molecule has 0 spiro atoms. The zero-order chi connectivity index (χ0) is 14.3. The van der Waals surface area contributed by atoms with Gasteiger partial charge in [-0.15, -0.1) is 0 Å². The lowest BCUT2D eigenvalue weighted by Gasteiger charge is -2.16. The number of hydrogen-bond donors (Lipinski definition) is 0. The first-order chi connectivity index (χ1) is 9.65. The second-order valence-corrected chi connectivity index (χ2v) is 6.62. The van der Waals surface area contributed by atoms with Crippen molar-refractivity contribution >= 4 is 44.1 Å². The van der Waals surface area contributed by atoms with Crippen molar-refractivity contribution in [3.8, 4) is 0 Å². The molecular weight excluding hydrogens is 355 g/mol. The average Bonchev–Trinajstić information content (AvgIpc) is 2.44. The summed E-state index contributed by atoms with van der Waals surface area (Å²) < 4.78 is 1.43. The fraction of sp³-hybridized carbons (Fsp3) is 0.263. The molecule has 1 heteroatoms. The Balaban J connectivity index is 2.63. The third-order valence-corrected chi connectivity index (χ3v) is 5.35. The smallest absolute Gasteiger partial charge is 0.0247 e. The average molecular weight is 374 g/mol. The van der Waals surface area contributed by atoms with Gasteiger partial charge in [-0.25, -0.2) is 0 Å². The molecule has 0 saturated heterocycles. The van der Waals surface area contributed by atoms with Crippen LogP contribution < -0.4 is 0 Å². The Bertz CT molecular complexity index is 800. The number of halogens is 1. The highest BCUT2D eigenvalue weighted by Gasteiger charge is 2.14. The first-order valence-corrected chi connectivity index (χ1v) is 8.32. The van der Waals surface area contributed by atoms with Gasteiger partial charge in [-0.3, -0.25) is 0 Å². The van der Waals surface area contributed by atoms with Gasteiger partial charge < -0.3 is 0 Å². The lowest BCUT2D eigenvalue weighted by atomic mass is 9.91. The zero-order valence-corrected chi connectivity index (χ0v) is 14.4. The summed E-state index contributed by atoms with van der Waals surface area (Å²) in [7, 11) is 0. The molecule has 0 aromatic heterocycles. The van der Waals surface area contributed by atoms with E-state index in [4.69, 9.17) is 0 Å². The van der Waals surface area contributed by atoms with Gasteiger partial charge >= 0.3 is 0 Å². The molecule has 3 rings (SSSR count). The molecule has 20 heavy (non-hydrogen) atoms. The minimum atomic E-state index is 1.15. The fourth-order valence-corrected chi connectivity index (χ4v) is 4.22. The first-order valence-electron chi connectivity index (χ1n) is 7.24. The Hall–Kier alpha value is -1.09. The van der Waals surface area contributed by atoms with E-state index in [1.54, 1.807) is 0 Å². The fourth-order valence-electron chi connectivity index (χ4n) is 3.21. The van der Waals surface area contributed by atoms with Crippen LogP contribution in [0, 0.1) is 17.4 Å². The second-order valence-electron chi connectivity index (χ2n) is 5.54. The third kappa shape index (κ3) is 2.03. The molecule has 0 aliphatic heterocycles.